The van der Waals surface area contributed by atoms with E-state index in [4.69, 9.17) is 9.47 Å². The van der Waals surface area contributed by atoms with Crippen LogP contribution in [0.15, 0.2) is 54.7 Å². The molecule has 0 amide bonds. The Bertz CT molecular complexity index is 1230. The molecule has 0 fully saturated rings. The molecule has 0 saturated heterocycles. The second kappa shape index (κ2) is 12.7. The lowest BCUT2D eigenvalue weighted by Crippen LogP contribution is -2.36. The van der Waals surface area contributed by atoms with Crippen LogP contribution in [0.2, 0.25) is 0 Å². The molecule has 0 aliphatic rings. The van der Waals surface area contributed by atoms with Gasteiger partial charge in [-0.2, -0.15) is 0 Å². The van der Waals surface area contributed by atoms with Gasteiger partial charge in [-0.1, -0.05) is 30.3 Å². The van der Waals surface area contributed by atoms with Crippen molar-refractivity contribution in [3.8, 4) is 22.8 Å². The molecule has 37 heavy (non-hydrogen) atoms. The number of rotatable bonds is 12. The highest BCUT2D eigenvalue weighted by Gasteiger charge is 2.19. The molecule has 1 aromatic heterocycles. The van der Waals surface area contributed by atoms with E-state index in [1.54, 1.807) is 6.07 Å². The molecular weight excluding hydrogens is 490 g/mol. The minimum atomic E-state index is -3.06. The van der Waals surface area contributed by atoms with Crippen LogP contribution in [0.1, 0.15) is 44.4 Å². The molecule has 200 valence electrons. The van der Waals surface area contributed by atoms with Crippen molar-refractivity contribution in [1.82, 2.24) is 9.88 Å². The average molecular weight is 529 g/mol. The number of pyridine rings is 1. The number of ether oxygens (including phenoxy) is 2. The van der Waals surface area contributed by atoms with Crippen LogP contribution in [0, 0.1) is 5.82 Å². The summed E-state index contributed by atoms with van der Waals surface area (Å²) in [6.07, 6.45) is 1.94. The first kappa shape index (κ1) is 28.8. The average Bonchev–Trinajstić information content (AvgIpc) is 2.85. The lowest BCUT2D eigenvalue weighted by molar-refractivity contribution is 0.166. The minimum Gasteiger partial charge on any atom is -0.489 e. The second-order valence-corrected chi connectivity index (χ2v) is 12.6. The minimum absolute atomic E-state index is 0.236. The smallest absolute Gasteiger partial charge is 0.213 e. The molecule has 1 unspecified atom stereocenters. The standard InChI is InChI=1S/C29H38FN2O4P/c1-20(2)32(21(3)4)18-24-14-23(10-11-26(24)27-16-29(35-5)31-17-28(27)30)19-36-25-9-7-8-22(15-25)12-13-37(6,33)34/h7-11,14-17,20-21H,12-13,18-19H2,1-6H3,(H,33,34). The molecular formula is C29H38FN2O4P. The van der Waals surface area contributed by atoms with Gasteiger partial charge in [-0.05, 0) is 68.5 Å². The zero-order valence-electron chi connectivity index (χ0n) is 22.6. The molecule has 3 aromatic rings. The molecule has 3 rings (SSSR count). The summed E-state index contributed by atoms with van der Waals surface area (Å²) in [5.41, 5.74) is 4.16. The highest BCUT2D eigenvalue weighted by atomic mass is 31.2. The molecule has 0 spiro atoms. The zero-order valence-corrected chi connectivity index (χ0v) is 23.5. The summed E-state index contributed by atoms with van der Waals surface area (Å²) in [6, 6.07) is 15.8. The quantitative estimate of drug-likeness (QED) is 0.269. The van der Waals surface area contributed by atoms with Gasteiger partial charge in [0.1, 0.15) is 18.2 Å². The van der Waals surface area contributed by atoms with Crippen molar-refractivity contribution in [2.75, 3.05) is 19.9 Å². The summed E-state index contributed by atoms with van der Waals surface area (Å²) < 4.78 is 37.9. The molecule has 2 aromatic carbocycles. The van der Waals surface area contributed by atoms with Gasteiger partial charge in [0.2, 0.25) is 5.88 Å². The van der Waals surface area contributed by atoms with Crippen LogP contribution < -0.4 is 9.47 Å². The molecule has 1 atom stereocenters. The Morgan fingerprint density at radius 1 is 1.03 bits per heavy atom. The summed E-state index contributed by atoms with van der Waals surface area (Å²) in [6.45, 7) is 11.0. The van der Waals surface area contributed by atoms with Crippen molar-refractivity contribution in [3.05, 3.63) is 77.2 Å². The Balaban J connectivity index is 1.89. The number of benzene rings is 2. The van der Waals surface area contributed by atoms with Crippen molar-refractivity contribution < 1.29 is 23.3 Å². The molecule has 0 aliphatic carbocycles. The fourth-order valence-corrected chi connectivity index (χ4v) is 4.99. The summed E-state index contributed by atoms with van der Waals surface area (Å²) in [5, 5.41) is 0. The van der Waals surface area contributed by atoms with Crippen molar-refractivity contribution >= 4 is 7.37 Å². The van der Waals surface area contributed by atoms with Gasteiger partial charge < -0.3 is 14.4 Å². The lowest BCUT2D eigenvalue weighted by Gasteiger charge is -2.31. The largest absolute Gasteiger partial charge is 0.489 e. The van der Waals surface area contributed by atoms with Crippen LogP contribution >= 0.6 is 7.37 Å². The third kappa shape index (κ3) is 8.39. The SMILES string of the molecule is COc1cc(-c2ccc(COc3cccc(CCP(C)(=O)O)c3)cc2CN(C(C)C)C(C)C)c(F)cn1. The molecule has 1 heterocycles. The molecule has 6 nitrogen and oxygen atoms in total. The highest BCUT2D eigenvalue weighted by molar-refractivity contribution is 7.57. The van der Waals surface area contributed by atoms with Crippen molar-refractivity contribution in [3.63, 3.8) is 0 Å². The molecule has 0 aliphatic heterocycles. The molecule has 0 saturated carbocycles. The Hall–Kier alpha value is -2.73. The third-order valence-electron chi connectivity index (χ3n) is 6.30. The van der Waals surface area contributed by atoms with Crippen LogP contribution in [0.3, 0.4) is 0 Å². The van der Waals surface area contributed by atoms with Gasteiger partial charge in [0, 0.05) is 43.1 Å². The summed E-state index contributed by atoms with van der Waals surface area (Å²) in [5.74, 6) is 0.658. The lowest BCUT2D eigenvalue weighted by atomic mass is 9.96. The van der Waals surface area contributed by atoms with Crippen LogP contribution in [0.25, 0.3) is 11.1 Å². The summed E-state index contributed by atoms with van der Waals surface area (Å²) in [7, 11) is -1.55. The van der Waals surface area contributed by atoms with E-state index in [-0.39, 0.29) is 6.16 Å². The number of halogens is 1. The fourth-order valence-electron chi connectivity index (χ4n) is 4.32. The Morgan fingerprint density at radius 2 is 1.76 bits per heavy atom. The van der Waals surface area contributed by atoms with Gasteiger partial charge in [-0.25, -0.2) is 9.37 Å². The molecule has 0 bridgehead atoms. The first-order valence-electron chi connectivity index (χ1n) is 12.6. The maximum atomic E-state index is 14.9. The first-order valence-corrected chi connectivity index (χ1v) is 14.8. The molecule has 8 heteroatoms. The van der Waals surface area contributed by atoms with E-state index in [9.17, 15) is 13.8 Å². The van der Waals surface area contributed by atoms with E-state index in [2.05, 4.69) is 43.6 Å². The summed E-state index contributed by atoms with van der Waals surface area (Å²) in [4.78, 5) is 15.9. The van der Waals surface area contributed by atoms with E-state index >= 15 is 0 Å². The van der Waals surface area contributed by atoms with Crippen LogP contribution in [0.4, 0.5) is 4.39 Å². The van der Waals surface area contributed by atoms with Crippen molar-refractivity contribution in [2.24, 2.45) is 0 Å². The molecule has 1 N–H and O–H groups in total. The van der Waals surface area contributed by atoms with Gasteiger partial charge in [0.05, 0.1) is 13.3 Å². The zero-order chi connectivity index (χ0) is 27.2. The maximum absolute atomic E-state index is 14.9. The van der Waals surface area contributed by atoms with E-state index in [0.717, 1.165) is 22.3 Å². The highest BCUT2D eigenvalue weighted by Crippen LogP contribution is 2.36. The van der Waals surface area contributed by atoms with Gasteiger partial charge in [-0.3, -0.25) is 9.46 Å². The van der Waals surface area contributed by atoms with Crippen molar-refractivity contribution in [1.29, 1.82) is 0 Å². The van der Waals surface area contributed by atoms with Crippen LogP contribution in [-0.2, 0) is 24.1 Å². The van der Waals surface area contributed by atoms with E-state index < -0.39 is 13.2 Å². The second-order valence-electron chi connectivity index (χ2n) is 10.0. The molecule has 0 radical (unpaired) electrons. The number of nitrogens with zero attached hydrogens (tertiary/aromatic N) is 2. The predicted octanol–water partition coefficient (Wildman–Crippen LogP) is 6.54. The van der Waals surface area contributed by atoms with E-state index in [1.807, 2.05) is 36.4 Å². The summed E-state index contributed by atoms with van der Waals surface area (Å²) >= 11 is 0. The van der Waals surface area contributed by atoms with Gasteiger partial charge in [0.15, 0.2) is 7.37 Å². The number of aryl methyl sites for hydroxylation is 1. The normalized spacial score (nSPS) is 13.3. The van der Waals surface area contributed by atoms with Gasteiger partial charge >= 0.3 is 0 Å². The van der Waals surface area contributed by atoms with Gasteiger partial charge in [-0.15, -0.1) is 0 Å². The van der Waals surface area contributed by atoms with Crippen LogP contribution in [-0.4, -0.2) is 46.8 Å². The van der Waals surface area contributed by atoms with E-state index in [0.29, 0.717) is 48.8 Å². The van der Waals surface area contributed by atoms with E-state index in [1.165, 1.54) is 20.0 Å². The number of methoxy groups -OCH3 is 1. The third-order valence-corrected chi connectivity index (χ3v) is 7.35. The predicted molar refractivity (Wildman–Crippen MR) is 147 cm³/mol. The Morgan fingerprint density at radius 3 is 2.41 bits per heavy atom. The Kier molecular flexibility index (Phi) is 9.88. The number of aromatic nitrogens is 1. The fraction of sp³-hybridized carbons (Fsp3) is 0.414. The van der Waals surface area contributed by atoms with Crippen LogP contribution in [0.5, 0.6) is 11.6 Å². The first-order chi connectivity index (χ1) is 17.5. The monoisotopic (exact) mass is 528 g/mol. The topological polar surface area (TPSA) is 71.9 Å². The number of hydrogen-bond donors (Lipinski definition) is 1. The Labute approximate surface area is 219 Å². The van der Waals surface area contributed by atoms with Crippen molar-refractivity contribution in [2.45, 2.75) is 59.4 Å². The van der Waals surface area contributed by atoms with Gasteiger partial charge in [0.25, 0.3) is 0 Å². The maximum Gasteiger partial charge on any atom is 0.213 e. The number of hydrogen-bond acceptors (Lipinski definition) is 5.